The lowest BCUT2D eigenvalue weighted by Crippen LogP contribution is -2.31. The molecule has 0 heterocycles. The van der Waals surface area contributed by atoms with Crippen LogP contribution in [0.5, 0.6) is 0 Å². The third-order valence-electron chi connectivity index (χ3n) is 8.87. The summed E-state index contributed by atoms with van der Waals surface area (Å²) in [5.41, 5.74) is 10.6. The molecule has 2 heteroatoms. The number of hydrogen-bond donors (Lipinski definition) is 0. The fourth-order valence-electron chi connectivity index (χ4n) is 6.36. The fraction of sp³-hybridized carbons (Fsp3) is 0.0870. The number of allylic oxidation sites excluding steroid dienone is 1. The van der Waals surface area contributed by atoms with Crippen molar-refractivity contribution in [2.45, 2.75) is 25.3 Å². The number of rotatable bonds is 10. The molecule has 0 bridgehead atoms. The van der Waals surface area contributed by atoms with Gasteiger partial charge >= 0.3 is 0 Å². The van der Waals surface area contributed by atoms with Crippen molar-refractivity contribution in [1.29, 1.82) is 0 Å². The zero-order chi connectivity index (χ0) is 32.4. The number of nitrogens with zero attached hydrogens (tertiary/aromatic N) is 2. The normalized spacial score (nSPS) is 14.4. The summed E-state index contributed by atoms with van der Waals surface area (Å²) < 4.78 is 0. The van der Waals surface area contributed by atoms with E-state index in [9.17, 15) is 0 Å². The Morgan fingerprint density at radius 3 is 1.15 bits per heavy atom. The molecule has 2 nitrogen and oxygen atoms in total. The summed E-state index contributed by atoms with van der Waals surface area (Å²) >= 11 is 0. The molecule has 6 aromatic carbocycles. The largest absolute Gasteiger partial charge is 0.338 e. The van der Waals surface area contributed by atoms with E-state index in [1.807, 2.05) is 0 Å². The topological polar surface area (TPSA) is 6.48 Å². The van der Waals surface area contributed by atoms with E-state index < -0.39 is 0 Å². The van der Waals surface area contributed by atoms with Crippen molar-refractivity contribution in [2.75, 3.05) is 9.80 Å². The lowest BCUT2D eigenvalue weighted by Gasteiger charge is -2.34. The molecule has 0 N–H and O–H groups in total. The second kappa shape index (κ2) is 15.2. The second-order valence-corrected chi connectivity index (χ2v) is 12.2. The monoisotopic (exact) mass is 620 g/mol. The van der Waals surface area contributed by atoms with E-state index in [0.29, 0.717) is 6.04 Å². The molecule has 0 saturated heterocycles. The highest BCUT2D eigenvalue weighted by Crippen LogP contribution is 2.35. The third-order valence-corrected chi connectivity index (χ3v) is 8.87. The Labute approximate surface area is 285 Å². The minimum absolute atomic E-state index is 0.482. The zero-order valence-corrected chi connectivity index (χ0v) is 27.1. The first-order valence-electron chi connectivity index (χ1n) is 16.9. The van der Waals surface area contributed by atoms with Crippen LogP contribution in [0.1, 0.15) is 41.5 Å². The molecule has 1 atom stereocenters. The van der Waals surface area contributed by atoms with E-state index in [-0.39, 0.29) is 0 Å². The summed E-state index contributed by atoms with van der Waals surface area (Å²) in [6.07, 6.45) is 16.8. The first-order valence-corrected chi connectivity index (χ1v) is 16.9. The van der Waals surface area contributed by atoms with Crippen molar-refractivity contribution in [3.8, 4) is 0 Å². The molecule has 1 aliphatic carbocycles. The Hall–Kier alpha value is -5.86. The zero-order valence-electron chi connectivity index (χ0n) is 27.1. The van der Waals surface area contributed by atoms with E-state index >= 15 is 0 Å². The van der Waals surface area contributed by atoms with E-state index in [4.69, 9.17) is 0 Å². The van der Waals surface area contributed by atoms with Gasteiger partial charge in [0.2, 0.25) is 0 Å². The average molecular weight is 621 g/mol. The molecule has 1 aliphatic rings. The van der Waals surface area contributed by atoms with Crippen molar-refractivity contribution in [3.63, 3.8) is 0 Å². The molecule has 234 valence electrons. The maximum absolute atomic E-state index is 2.50. The summed E-state index contributed by atoms with van der Waals surface area (Å²) in [5, 5.41) is 0. The van der Waals surface area contributed by atoms with Crippen LogP contribution < -0.4 is 9.80 Å². The Morgan fingerprint density at radius 1 is 0.375 bits per heavy atom. The van der Waals surface area contributed by atoms with Gasteiger partial charge in [0, 0.05) is 34.5 Å². The highest BCUT2D eigenvalue weighted by molar-refractivity contribution is 5.78. The van der Waals surface area contributed by atoms with Gasteiger partial charge in [0.1, 0.15) is 0 Å². The standard InChI is InChI=1S/C46H40N2/c1-5-13-41(14-6-1)47(42-15-7-2-8-16-42)45-33-29-39(30-34-45)27-25-37-21-23-38(24-22-37)26-28-40-31-35-46(36-32-40)48(43-17-9-3-10-18-43)44-19-11-4-12-20-44/h1-11,13-18,21-36,44H,12,19-20H2/b27-25+,28-26+. The number of para-hydroxylation sites is 3. The van der Waals surface area contributed by atoms with Gasteiger partial charge in [-0.2, -0.15) is 0 Å². The molecule has 1 unspecified atom stereocenters. The third kappa shape index (κ3) is 7.57. The predicted octanol–water partition coefficient (Wildman–Crippen LogP) is 12.7. The van der Waals surface area contributed by atoms with Gasteiger partial charge in [-0.15, -0.1) is 0 Å². The highest BCUT2D eigenvalue weighted by Gasteiger charge is 2.21. The molecule has 0 aliphatic heterocycles. The smallest absolute Gasteiger partial charge is 0.0462 e. The van der Waals surface area contributed by atoms with E-state index in [1.54, 1.807) is 0 Å². The highest BCUT2D eigenvalue weighted by atomic mass is 15.2. The van der Waals surface area contributed by atoms with Gasteiger partial charge in [0.05, 0.1) is 0 Å². The maximum atomic E-state index is 2.50. The molecule has 0 amide bonds. The van der Waals surface area contributed by atoms with Crippen LogP contribution in [0, 0.1) is 0 Å². The van der Waals surface area contributed by atoms with Gasteiger partial charge in [-0.05, 0) is 102 Å². The Kier molecular flexibility index (Phi) is 9.72. The van der Waals surface area contributed by atoms with E-state index in [0.717, 1.165) is 35.5 Å². The van der Waals surface area contributed by atoms with Crippen molar-refractivity contribution < 1.29 is 0 Å². The fourth-order valence-corrected chi connectivity index (χ4v) is 6.36. The molecular formula is C46H40N2. The predicted molar refractivity (Wildman–Crippen MR) is 207 cm³/mol. The average Bonchev–Trinajstić information content (AvgIpc) is 3.17. The maximum Gasteiger partial charge on any atom is 0.0462 e. The number of anilines is 5. The van der Waals surface area contributed by atoms with Crippen molar-refractivity contribution in [2.24, 2.45) is 0 Å². The molecule has 0 fully saturated rings. The minimum atomic E-state index is 0.482. The number of benzene rings is 6. The van der Waals surface area contributed by atoms with Crippen LogP contribution in [0.25, 0.3) is 24.3 Å². The lowest BCUT2D eigenvalue weighted by molar-refractivity contribution is 0.591. The summed E-state index contributed by atoms with van der Waals surface area (Å²) in [5.74, 6) is 0. The van der Waals surface area contributed by atoms with E-state index in [1.165, 1.54) is 34.5 Å². The molecule has 0 aromatic heterocycles. The summed E-state index contributed by atoms with van der Waals surface area (Å²) in [6.45, 7) is 0. The first-order chi connectivity index (χ1) is 23.8. The molecule has 6 aromatic rings. The molecule has 48 heavy (non-hydrogen) atoms. The van der Waals surface area contributed by atoms with Gasteiger partial charge in [-0.25, -0.2) is 0 Å². The molecule has 0 spiro atoms. The Bertz CT molecular complexity index is 1920. The van der Waals surface area contributed by atoms with Crippen molar-refractivity contribution in [1.82, 2.24) is 0 Å². The number of hydrogen-bond acceptors (Lipinski definition) is 2. The van der Waals surface area contributed by atoms with Crippen LogP contribution in [0.3, 0.4) is 0 Å². The van der Waals surface area contributed by atoms with Gasteiger partial charge in [-0.1, -0.05) is 140 Å². The van der Waals surface area contributed by atoms with Gasteiger partial charge < -0.3 is 9.80 Å². The molecule has 7 rings (SSSR count). The van der Waals surface area contributed by atoms with Crippen LogP contribution in [0.15, 0.2) is 176 Å². The summed E-state index contributed by atoms with van der Waals surface area (Å²) in [4.78, 5) is 4.78. The summed E-state index contributed by atoms with van der Waals surface area (Å²) in [6, 6.07) is 58.7. The van der Waals surface area contributed by atoms with Crippen LogP contribution in [0.4, 0.5) is 28.4 Å². The van der Waals surface area contributed by atoms with Crippen molar-refractivity contribution in [3.05, 3.63) is 198 Å². The lowest BCUT2D eigenvalue weighted by atomic mass is 9.98. The van der Waals surface area contributed by atoms with Gasteiger partial charge in [0.15, 0.2) is 0 Å². The first kappa shape index (κ1) is 30.8. The second-order valence-electron chi connectivity index (χ2n) is 12.2. The quantitative estimate of drug-likeness (QED) is 0.111. The van der Waals surface area contributed by atoms with Crippen LogP contribution in [0.2, 0.25) is 0 Å². The van der Waals surface area contributed by atoms with Gasteiger partial charge in [-0.3, -0.25) is 0 Å². The van der Waals surface area contributed by atoms with Crippen LogP contribution in [-0.4, -0.2) is 6.04 Å². The minimum Gasteiger partial charge on any atom is -0.338 e. The van der Waals surface area contributed by atoms with Gasteiger partial charge in [0.25, 0.3) is 0 Å². The molecule has 0 saturated carbocycles. The Morgan fingerprint density at radius 2 is 0.729 bits per heavy atom. The van der Waals surface area contributed by atoms with Crippen LogP contribution in [-0.2, 0) is 0 Å². The van der Waals surface area contributed by atoms with E-state index in [2.05, 4.69) is 210 Å². The Balaban J connectivity index is 1.00. The molecule has 0 radical (unpaired) electrons. The van der Waals surface area contributed by atoms with Crippen LogP contribution >= 0.6 is 0 Å². The SMILES string of the molecule is C1=CCC(N(c2ccccc2)c2ccc(/C=C/c3ccc(/C=C/c4ccc(N(c5ccccc5)c5ccccc5)cc4)cc3)cc2)CC1. The summed E-state index contributed by atoms with van der Waals surface area (Å²) in [7, 11) is 0. The van der Waals surface area contributed by atoms with Crippen molar-refractivity contribution >= 4 is 52.7 Å². The molecular weight excluding hydrogens is 581 g/mol.